The van der Waals surface area contributed by atoms with Crippen LogP contribution in [0.1, 0.15) is 0 Å². The SMILES string of the molecule is Nc1cccc(S(=O)(=O)[O-])c1S(=O)(=O)[O-].[Ca+2]. The standard InChI is InChI=1S/C6H7NO6S2.Ca/c7-4-2-1-3-5(14(8,9)10)6(4)15(11,12)13;/h1-3H,7H2,(H,8,9,10)(H,11,12,13);/q;+2/p-2. The van der Waals surface area contributed by atoms with E-state index >= 15 is 0 Å². The molecule has 10 heteroatoms. The third kappa shape index (κ3) is 3.55. The van der Waals surface area contributed by atoms with Gasteiger partial charge < -0.3 is 14.8 Å². The second-order valence-corrected chi connectivity index (χ2v) is 5.25. The minimum atomic E-state index is -5.10. The summed E-state index contributed by atoms with van der Waals surface area (Å²) < 4.78 is 64.0. The molecule has 2 N–H and O–H groups in total. The Labute approximate surface area is 122 Å². The Balaban J connectivity index is 0.00000225. The van der Waals surface area contributed by atoms with Gasteiger partial charge in [0.2, 0.25) is 0 Å². The van der Waals surface area contributed by atoms with Crippen LogP contribution in [0, 0.1) is 0 Å². The van der Waals surface area contributed by atoms with Crippen molar-refractivity contribution in [1.29, 1.82) is 0 Å². The van der Waals surface area contributed by atoms with E-state index in [-0.39, 0.29) is 37.7 Å². The molecule has 0 aliphatic rings. The molecule has 0 amide bonds. The van der Waals surface area contributed by atoms with Gasteiger partial charge in [0.25, 0.3) is 0 Å². The summed E-state index contributed by atoms with van der Waals surface area (Å²) in [5.41, 5.74) is 4.55. The Morgan fingerprint density at radius 2 is 1.50 bits per heavy atom. The predicted octanol–water partition coefficient (Wildman–Crippen LogP) is -1.30. The third-order valence-electron chi connectivity index (χ3n) is 1.53. The van der Waals surface area contributed by atoms with Gasteiger partial charge in [-0.15, -0.1) is 0 Å². The predicted molar refractivity (Wildman–Crippen MR) is 52.5 cm³/mol. The number of rotatable bonds is 2. The topological polar surface area (TPSA) is 140 Å². The molecule has 16 heavy (non-hydrogen) atoms. The molecule has 0 unspecified atom stereocenters. The molecule has 0 bridgehead atoms. The van der Waals surface area contributed by atoms with Gasteiger partial charge in [-0.2, -0.15) is 0 Å². The average molecular weight is 291 g/mol. The fourth-order valence-corrected chi connectivity index (χ4v) is 2.87. The molecule has 0 aromatic heterocycles. The quantitative estimate of drug-likeness (QED) is 0.405. The van der Waals surface area contributed by atoms with Gasteiger partial charge in [0, 0.05) is 0 Å². The van der Waals surface area contributed by atoms with E-state index in [1.54, 1.807) is 0 Å². The zero-order chi connectivity index (χ0) is 11.9. The van der Waals surface area contributed by atoms with Crippen LogP contribution >= 0.6 is 0 Å². The van der Waals surface area contributed by atoms with Crippen LogP contribution in [0.25, 0.3) is 0 Å². The zero-order valence-electron chi connectivity index (χ0n) is 7.78. The average Bonchev–Trinajstić information content (AvgIpc) is 1.99. The van der Waals surface area contributed by atoms with Gasteiger partial charge in [0.1, 0.15) is 20.2 Å². The maximum atomic E-state index is 10.7. The first-order valence-corrected chi connectivity index (χ1v) is 6.26. The van der Waals surface area contributed by atoms with Gasteiger partial charge in [0.05, 0.1) is 15.5 Å². The van der Waals surface area contributed by atoms with Crippen LogP contribution in [-0.2, 0) is 20.2 Å². The molecule has 1 aromatic carbocycles. The number of benzene rings is 1. The van der Waals surface area contributed by atoms with Crippen molar-refractivity contribution >= 4 is 63.7 Å². The summed E-state index contributed by atoms with van der Waals surface area (Å²) in [6, 6.07) is 2.79. The van der Waals surface area contributed by atoms with Gasteiger partial charge in [-0.25, -0.2) is 16.8 Å². The van der Waals surface area contributed by atoms with Gasteiger partial charge >= 0.3 is 37.7 Å². The number of nitrogen functional groups attached to an aromatic ring is 1. The van der Waals surface area contributed by atoms with E-state index in [0.29, 0.717) is 6.07 Å². The molecule has 7 nitrogen and oxygen atoms in total. The number of anilines is 1. The van der Waals surface area contributed by atoms with Gasteiger partial charge in [-0.05, 0) is 12.1 Å². The molecule has 0 aliphatic heterocycles. The van der Waals surface area contributed by atoms with Crippen molar-refractivity contribution in [1.82, 2.24) is 0 Å². The summed E-state index contributed by atoms with van der Waals surface area (Å²) in [7, 11) is -10.1. The van der Waals surface area contributed by atoms with E-state index < -0.39 is 35.7 Å². The molecule has 0 saturated carbocycles. The summed E-state index contributed by atoms with van der Waals surface area (Å²) in [6.45, 7) is 0. The van der Waals surface area contributed by atoms with Crippen molar-refractivity contribution in [3.05, 3.63) is 18.2 Å². The summed E-state index contributed by atoms with van der Waals surface area (Å²) in [5.74, 6) is 0. The van der Waals surface area contributed by atoms with Crippen molar-refractivity contribution in [3.8, 4) is 0 Å². The first kappa shape index (κ1) is 16.1. The van der Waals surface area contributed by atoms with Crippen LogP contribution in [0.4, 0.5) is 5.69 Å². The van der Waals surface area contributed by atoms with Crippen LogP contribution in [0.15, 0.2) is 28.0 Å². The van der Waals surface area contributed by atoms with Crippen LogP contribution in [0.5, 0.6) is 0 Å². The fraction of sp³-hybridized carbons (Fsp3) is 0. The van der Waals surface area contributed by atoms with Crippen molar-refractivity contribution in [2.75, 3.05) is 5.73 Å². The minimum Gasteiger partial charge on any atom is -0.744 e. The van der Waals surface area contributed by atoms with Gasteiger partial charge in [-0.1, -0.05) is 6.07 Å². The monoisotopic (exact) mass is 291 g/mol. The first-order chi connectivity index (χ1) is 6.64. The fourth-order valence-electron chi connectivity index (χ4n) is 0.997. The van der Waals surface area contributed by atoms with Crippen molar-refractivity contribution < 1.29 is 25.9 Å². The Morgan fingerprint density at radius 3 is 1.81 bits per heavy atom. The molecule has 0 spiro atoms. The minimum absolute atomic E-state index is 0. The summed E-state index contributed by atoms with van der Waals surface area (Å²) in [5, 5.41) is 0. The normalized spacial score (nSPS) is 11.9. The van der Waals surface area contributed by atoms with Crippen LogP contribution in [0.3, 0.4) is 0 Å². The van der Waals surface area contributed by atoms with E-state index in [2.05, 4.69) is 0 Å². The largest absolute Gasteiger partial charge is 2.00 e. The summed E-state index contributed by atoms with van der Waals surface area (Å²) in [6.07, 6.45) is 0. The Kier molecular flexibility index (Phi) is 5.20. The van der Waals surface area contributed by atoms with Gasteiger partial charge in [-0.3, -0.25) is 0 Å². The second kappa shape index (κ2) is 5.17. The smallest absolute Gasteiger partial charge is 0.744 e. The molecule has 0 saturated heterocycles. The van der Waals surface area contributed by atoms with Crippen LogP contribution < -0.4 is 5.73 Å². The Hall–Kier alpha value is 0.0997. The van der Waals surface area contributed by atoms with Crippen LogP contribution in [-0.4, -0.2) is 63.7 Å². The number of hydrogen-bond acceptors (Lipinski definition) is 7. The van der Waals surface area contributed by atoms with Crippen molar-refractivity contribution in [2.45, 2.75) is 9.79 Å². The van der Waals surface area contributed by atoms with Crippen molar-refractivity contribution in [3.63, 3.8) is 0 Å². The Morgan fingerprint density at radius 1 is 1.00 bits per heavy atom. The maximum absolute atomic E-state index is 10.7. The van der Waals surface area contributed by atoms with E-state index in [9.17, 15) is 25.9 Å². The molecular weight excluding hydrogens is 286 g/mol. The summed E-state index contributed by atoms with van der Waals surface area (Å²) >= 11 is 0. The molecule has 1 aromatic rings. The third-order valence-corrected chi connectivity index (χ3v) is 3.49. The van der Waals surface area contributed by atoms with Crippen molar-refractivity contribution in [2.24, 2.45) is 0 Å². The second-order valence-electron chi connectivity index (χ2n) is 2.58. The molecule has 0 fully saturated rings. The molecule has 0 heterocycles. The molecule has 1 rings (SSSR count). The Bertz CT molecular complexity index is 593. The van der Waals surface area contributed by atoms with E-state index in [4.69, 9.17) is 5.73 Å². The molecule has 0 atom stereocenters. The maximum Gasteiger partial charge on any atom is 2.00 e. The van der Waals surface area contributed by atoms with E-state index in [1.807, 2.05) is 0 Å². The van der Waals surface area contributed by atoms with E-state index in [0.717, 1.165) is 12.1 Å². The zero-order valence-corrected chi connectivity index (χ0v) is 11.6. The van der Waals surface area contributed by atoms with Gasteiger partial charge in [0.15, 0.2) is 0 Å². The van der Waals surface area contributed by atoms with Crippen LogP contribution in [0.2, 0.25) is 0 Å². The first-order valence-electron chi connectivity index (χ1n) is 3.44. The molecule has 0 radical (unpaired) electrons. The molecule has 84 valence electrons. The van der Waals surface area contributed by atoms with E-state index in [1.165, 1.54) is 0 Å². The summed E-state index contributed by atoms with van der Waals surface area (Å²) in [4.78, 5) is -2.32. The number of nitrogens with two attached hydrogens (primary N) is 1. The molecular formula is C6H5CaNO6S2. The molecule has 0 aliphatic carbocycles. The number of hydrogen-bond donors (Lipinski definition) is 1.